The summed E-state index contributed by atoms with van der Waals surface area (Å²) in [4.78, 5) is 11.4. The minimum Gasteiger partial charge on any atom is -0.497 e. The Morgan fingerprint density at radius 1 is 0.861 bits per heavy atom. The van der Waals surface area contributed by atoms with Gasteiger partial charge in [0.2, 0.25) is 0 Å². The van der Waals surface area contributed by atoms with Crippen molar-refractivity contribution in [2.24, 2.45) is 0 Å². The Kier molecular flexibility index (Phi) is 13.9. The summed E-state index contributed by atoms with van der Waals surface area (Å²) < 4.78 is 15.4. The molecule has 6 nitrogen and oxygen atoms in total. The number of hydrogen-bond donors (Lipinski definition) is 2. The summed E-state index contributed by atoms with van der Waals surface area (Å²) in [5, 5.41) is 18.3. The number of rotatable bonds is 7. The molecule has 0 spiro atoms. The van der Waals surface area contributed by atoms with Crippen molar-refractivity contribution in [1.29, 1.82) is 0 Å². The predicted octanol–water partition coefficient (Wildman–Crippen LogP) is 4.12. The first kappa shape index (κ1) is 29.6. The summed E-state index contributed by atoms with van der Waals surface area (Å²) in [6.07, 6.45) is 3.29. The fourth-order valence-electron chi connectivity index (χ4n) is 3.51. The molecular formula is C28H34BBrO6. The Bertz CT molecular complexity index is 1030. The highest BCUT2D eigenvalue weighted by Crippen LogP contribution is 2.23. The molecule has 2 N–H and O–H groups in total. The molecule has 1 aliphatic rings. The second-order valence-electron chi connectivity index (χ2n) is 8.08. The lowest BCUT2D eigenvalue weighted by molar-refractivity contribution is -0.118. The van der Waals surface area contributed by atoms with Gasteiger partial charge in [0.15, 0.2) is 0 Å². The van der Waals surface area contributed by atoms with Crippen molar-refractivity contribution in [3.63, 3.8) is 0 Å². The van der Waals surface area contributed by atoms with Crippen LogP contribution in [0.3, 0.4) is 0 Å². The maximum Gasteiger partial charge on any atom is 0.488 e. The molecule has 3 aromatic rings. The number of halogens is 1. The van der Waals surface area contributed by atoms with E-state index >= 15 is 0 Å². The van der Waals surface area contributed by atoms with E-state index < -0.39 is 7.12 Å². The third-order valence-corrected chi connectivity index (χ3v) is 5.77. The molecule has 0 aliphatic heterocycles. The Balaban J connectivity index is 0.000000193. The van der Waals surface area contributed by atoms with Crippen LogP contribution in [0.1, 0.15) is 29.5 Å². The SMILES string of the molecule is BrCCOCc1ccccc1.COc1ccc(B(O)O)cc1.COc1ccc2c(c1)CCCC(=O)C2. The fraction of sp³-hybridized carbons (Fsp3) is 0.321. The van der Waals surface area contributed by atoms with Crippen LogP contribution in [0.2, 0.25) is 0 Å². The van der Waals surface area contributed by atoms with Crippen molar-refractivity contribution in [2.45, 2.75) is 32.3 Å². The molecule has 0 bridgehead atoms. The van der Waals surface area contributed by atoms with E-state index in [0.29, 0.717) is 30.0 Å². The highest BCUT2D eigenvalue weighted by atomic mass is 79.9. The number of carbonyl (C=O) groups excluding carboxylic acids is 1. The van der Waals surface area contributed by atoms with Crippen molar-refractivity contribution in [3.05, 3.63) is 89.5 Å². The highest BCUT2D eigenvalue weighted by molar-refractivity contribution is 9.09. The van der Waals surface area contributed by atoms with Crippen molar-refractivity contribution in [2.75, 3.05) is 26.2 Å². The van der Waals surface area contributed by atoms with Crippen LogP contribution in [-0.4, -0.2) is 49.1 Å². The quantitative estimate of drug-likeness (QED) is 0.197. The Morgan fingerprint density at radius 3 is 2.14 bits per heavy atom. The monoisotopic (exact) mass is 556 g/mol. The molecule has 192 valence electrons. The highest BCUT2D eigenvalue weighted by Gasteiger charge is 2.13. The first-order valence-electron chi connectivity index (χ1n) is 11.8. The lowest BCUT2D eigenvalue weighted by atomic mass is 9.80. The number of carbonyl (C=O) groups is 1. The van der Waals surface area contributed by atoms with Crippen LogP contribution in [0, 0.1) is 0 Å². The van der Waals surface area contributed by atoms with E-state index in [1.807, 2.05) is 36.4 Å². The lowest BCUT2D eigenvalue weighted by Gasteiger charge is -2.06. The van der Waals surface area contributed by atoms with Crippen LogP contribution in [-0.2, 0) is 29.0 Å². The summed E-state index contributed by atoms with van der Waals surface area (Å²) in [5.74, 6) is 1.95. The minimum atomic E-state index is -1.40. The van der Waals surface area contributed by atoms with Crippen LogP contribution in [0.25, 0.3) is 0 Å². The second kappa shape index (κ2) is 16.9. The zero-order valence-corrected chi connectivity index (χ0v) is 22.4. The molecule has 3 aromatic carbocycles. The molecule has 8 heteroatoms. The predicted molar refractivity (Wildman–Crippen MR) is 147 cm³/mol. The standard InChI is InChI=1S/C12H14O2.C9H11BrO.C7H9BO3/c1-14-12-6-5-10-7-11(13)4-2-3-9(10)8-12;10-6-7-11-8-9-4-2-1-3-5-9;1-11-7-4-2-6(3-5-7)8(9)10/h5-6,8H,2-4,7H2,1H3;1-5H,6-8H2;2-5,9-10H,1H3. The van der Waals surface area contributed by atoms with Crippen LogP contribution in [0.4, 0.5) is 0 Å². The molecule has 0 unspecified atom stereocenters. The van der Waals surface area contributed by atoms with Gasteiger partial charge in [-0.15, -0.1) is 0 Å². The fourth-order valence-corrected chi connectivity index (χ4v) is 3.74. The second-order valence-corrected chi connectivity index (χ2v) is 8.87. The zero-order valence-electron chi connectivity index (χ0n) is 20.9. The van der Waals surface area contributed by atoms with Gasteiger partial charge in [-0.2, -0.15) is 0 Å². The molecular weight excluding hydrogens is 523 g/mol. The molecule has 0 saturated heterocycles. The molecule has 4 rings (SSSR count). The van der Waals surface area contributed by atoms with E-state index in [4.69, 9.17) is 24.3 Å². The largest absolute Gasteiger partial charge is 0.497 e. The van der Waals surface area contributed by atoms with Gasteiger partial charge in [0, 0.05) is 18.2 Å². The average Bonchev–Trinajstić information content (AvgIpc) is 3.10. The van der Waals surface area contributed by atoms with Crippen molar-refractivity contribution in [3.8, 4) is 11.5 Å². The van der Waals surface area contributed by atoms with Crippen LogP contribution < -0.4 is 14.9 Å². The topological polar surface area (TPSA) is 85.2 Å². The van der Waals surface area contributed by atoms with Gasteiger partial charge < -0.3 is 24.3 Å². The molecule has 0 saturated carbocycles. The number of alkyl halides is 1. The van der Waals surface area contributed by atoms with Gasteiger partial charge >= 0.3 is 7.12 Å². The normalized spacial score (nSPS) is 12.1. The van der Waals surface area contributed by atoms with Gasteiger partial charge in [-0.3, -0.25) is 4.79 Å². The van der Waals surface area contributed by atoms with Gasteiger partial charge in [-0.05, 0) is 59.3 Å². The zero-order chi connectivity index (χ0) is 26.2. The molecule has 36 heavy (non-hydrogen) atoms. The summed E-state index contributed by atoms with van der Waals surface area (Å²) in [5.41, 5.74) is 4.14. The summed E-state index contributed by atoms with van der Waals surface area (Å²) in [6.45, 7) is 1.49. The molecule has 0 amide bonds. The number of Topliss-reactive ketones (excluding diaryl/α,β-unsaturated/α-hetero) is 1. The number of fused-ring (bicyclic) bond motifs is 1. The van der Waals surface area contributed by atoms with Gasteiger partial charge in [0.25, 0.3) is 0 Å². The van der Waals surface area contributed by atoms with Gasteiger partial charge in [-0.1, -0.05) is 64.5 Å². The van der Waals surface area contributed by atoms with Crippen LogP contribution in [0.5, 0.6) is 11.5 Å². The maximum absolute atomic E-state index is 11.4. The summed E-state index contributed by atoms with van der Waals surface area (Å²) in [6, 6.07) is 22.7. The molecule has 1 aliphatic carbocycles. The van der Waals surface area contributed by atoms with Crippen LogP contribution >= 0.6 is 15.9 Å². The van der Waals surface area contributed by atoms with Gasteiger partial charge in [0.05, 0.1) is 27.4 Å². The third-order valence-electron chi connectivity index (χ3n) is 5.45. The Hall–Kier alpha value is -2.65. The summed E-state index contributed by atoms with van der Waals surface area (Å²) in [7, 11) is 1.83. The Labute approximate surface area is 222 Å². The lowest BCUT2D eigenvalue weighted by Crippen LogP contribution is -2.29. The van der Waals surface area contributed by atoms with Crippen molar-refractivity contribution >= 4 is 34.3 Å². The number of ketones is 1. The van der Waals surface area contributed by atoms with Crippen molar-refractivity contribution < 1.29 is 29.1 Å². The first-order valence-corrected chi connectivity index (χ1v) is 12.9. The number of benzene rings is 3. The molecule has 0 heterocycles. The van der Waals surface area contributed by atoms with E-state index in [0.717, 1.165) is 36.9 Å². The van der Waals surface area contributed by atoms with Gasteiger partial charge in [0.1, 0.15) is 17.3 Å². The molecule has 0 atom stereocenters. The van der Waals surface area contributed by atoms with E-state index in [1.54, 1.807) is 38.5 Å². The molecule has 0 radical (unpaired) electrons. The van der Waals surface area contributed by atoms with Crippen LogP contribution in [0.15, 0.2) is 72.8 Å². The first-order chi connectivity index (χ1) is 17.5. The van der Waals surface area contributed by atoms with Crippen molar-refractivity contribution in [1.82, 2.24) is 0 Å². The Morgan fingerprint density at radius 2 is 1.53 bits per heavy atom. The smallest absolute Gasteiger partial charge is 0.488 e. The molecule has 0 fully saturated rings. The number of aryl methyl sites for hydroxylation is 1. The average molecular weight is 557 g/mol. The van der Waals surface area contributed by atoms with E-state index in [1.165, 1.54) is 16.7 Å². The number of methoxy groups -OCH3 is 2. The maximum atomic E-state index is 11.4. The number of hydrogen-bond acceptors (Lipinski definition) is 6. The number of ether oxygens (including phenoxy) is 3. The molecule has 0 aromatic heterocycles. The minimum absolute atomic E-state index is 0.355. The van der Waals surface area contributed by atoms with E-state index in [2.05, 4.69) is 28.1 Å². The van der Waals surface area contributed by atoms with E-state index in [9.17, 15) is 4.79 Å². The summed E-state index contributed by atoms with van der Waals surface area (Å²) >= 11 is 3.30. The van der Waals surface area contributed by atoms with Gasteiger partial charge in [-0.25, -0.2) is 0 Å². The van der Waals surface area contributed by atoms with E-state index in [-0.39, 0.29) is 0 Å². The third kappa shape index (κ3) is 11.0.